The van der Waals surface area contributed by atoms with Gasteiger partial charge in [0.15, 0.2) is 0 Å². The van der Waals surface area contributed by atoms with Crippen molar-refractivity contribution in [1.29, 1.82) is 0 Å². The van der Waals surface area contributed by atoms with Gasteiger partial charge >= 0.3 is 0 Å². The highest BCUT2D eigenvalue weighted by Gasteiger charge is 2.27. The van der Waals surface area contributed by atoms with Crippen molar-refractivity contribution in [3.05, 3.63) is 87.7 Å². The molecule has 2 aromatic carbocycles. The summed E-state index contributed by atoms with van der Waals surface area (Å²) in [6.45, 7) is 1.61. The molecule has 0 N–H and O–H groups in total. The van der Waals surface area contributed by atoms with Crippen LogP contribution in [0.2, 0.25) is 0 Å². The van der Waals surface area contributed by atoms with E-state index in [2.05, 4.69) is 4.98 Å². The maximum Gasteiger partial charge on any atom is 0.253 e. The van der Waals surface area contributed by atoms with E-state index < -0.39 is 10.0 Å². The van der Waals surface area contributed by atoms with Crippen molar-refractivity contribution in [2.45, 2.75) is 6.61 Å². The molecule has 1 aromatic heterocycles. The van der Waals surface area contributed by atoms with Gasteiger partial charge in [0, 0.05) is 42.5 Å². The predicted molar refractivity (Wildman–Crippen MR) is 125 cm³/mol. The third-order valence-electron chi connectivity index (χ3n) is 5.09. The Hall–Kier alpha value is -3.01. The number of sulfonamides is 1. The average molecular weight is 470 g/mol. The van der Waals surface area contributed by atoms with Crippen LogP contribution in [0.4, 0.5) is 0 Å². The van der Waals surface area contributed by atoms with E-state index in [1.165, 1.54) is 21.1 Å². The molecular weight excluding hydrogens is 446 g/mol. The van der Waals surface area contributed by atoms with E-state index in [-0.39, 0.29) is 19.0 Å². The van der Waals surface area contributed by atoms with Crippen LogP contribution in [0.25, 0.3) is 6.08 Å². The van der Waals surface area contributed by atoms with Gasteiger partial charge in [0.25, 0.3) is 5.91 Å². The molecule has 9 heteroatoms. The van der Waals surface area contributed by atoms with Gasteiger partial charge in [-0.15, -0.1) is 11.3 Å². The minimum Gasteiger partial charge on any atom is -0.487 e. The summed E-state index contributed by atoms with van der Waals surface area (Å²) in [4.78, 5) is 18.7. The molecule has 7 nitrogen and oxygen atoms in total. The Morgan fingerprint density at radius 3 is 2.41 bits per heavy atom. The highest BCUT2D eigenvalue weighted by atomic mass is 32.2. The molecular formula is C23H23N3O4S2. The zero-order valence-corrected chi connectivity index (χ0v) is 19.0. The Morgan fingerprint density at radius 2 is 1.75 bits per heavy atom. The summed E-state index contributed by atoms with van der Waals surface area (Å²) in [7, 11) is -3.53. The molecule has 1 aliphatic rings. The number of thiazole rings is 1. The topological polar surface area (TPSA) is 79.8 Å². The summed E-state index contributed by atoms with van der Waals surface area (Å²) in [6.07, 6.45) is 1.59. The van der Waals surface area contributed by atoms with Crippen molar-refractivity contribution in [1.82, 2.24) is 14.2 Å². The lowest BCUT2D eigenvalue weighted by molar-refractivity contribution is 0.0698. The summed E-state index contributed by atoms with van der Waals surface area (Å²) >= 11 is 1.51. The van der Waals surface area contributed by atoms with Gasteiger partial charge in [0.05, 0.1) is 11.2 Å². The molecule has 166 valence electrons. The second-order valence-electron chi connectivity index (χ2n) is 7.24. The van der Waals surface area contributed by atoms with Crippen molar-refractivity contribution in [3.8, 4) is 5.75 Å². The highest BCUT2D eigenvalue weighted by molar-refractivity contribution is 7.92. The van der Waals surface area contributed by atoms with Crippen molar-refractivity contribution in [3.63, 3.8) is 0 Å². The van der Waals surface area contributed by atoms with E-state index in [0.29, 0.717) is 31.0 Å². The molecule has 0 radical (unpaired) electrons. The summed E-state index contributed by atoms with van der Waals surface area (Å²) < 4.78 is 32.3. The fourth-order valence-electron chi connectivity index (χ4n) is 3.30. The molecule has 0 bridgehead atoms. The fraction of sp³-hybridized carbons (Fsp3) is 0.217. The van der Waals surface area contributed by atoms with Crippen molar-refractivity contribution in [2.75, 3.05) is 26.2 Å². The molecule has 0 unspecified atom stereocenters. The van der Waals surface area contributed by atoms with Crippen LogP contribution in [0.15, 0.2) is 70.9 Å². The smallest absolute Gasteiger partial charge is 0.253 e. The van der Waals surface area contributed by atoms with Gasteiger partial charge < -0.3 is 9.64 Å². The van der Waals surface area contributed by atoms with Gasteiger partial charge in [-0.2, -0.15) is 4.31 Å². The molecule has 1 saturated heterocycles. The normalized spacial score (nSPS) is 15.2. The van der Waals surface area contributed by atoms with Crippen LogP contribution >= 0.6 is 11.3 Å². The first-order valence-corrected chi connectivity index (χ1v) is 12.6. The summed E-state index contributed by atoms with van der Waals surface area (Å²) in [5.74, 6) is 0.545. The van der Waals surface area contributed by atoms with Crippen molar-refractivity contribution in [2.24, 2.45) is 0 Å². The Bertz CT molecular complexity index is 1150. The summed E-state index contributed by atoms with van der Waals surface area (Å²) in [5, 5.41) is 3.15. The van der Waals surface area contributed by atoms with Gasteiger partial charge in [0.2, 0.25) is 10.0 Å². The highest BCUT2D eigenvalue weighted by Crippen LogP contribution is 2.18. The maximum absolute atomic E-state index is 12.8. The van der Waals surface area contributed by atoms with E-state index in [1.54, 1.807) is 40.8 Å². The molecule has 1 amide bonds. The minimum atomic E-state index is -3.53. The average Bonchev–Trinajstić information content (AvgIpc) is 3.36. The number of carbonyl (C=O) groups is 1. The van der Waals surface area contributed by atoms with Crippen LogP contribution in [0, 0.1) is 0 Å². The molecule has 0 atom stereocenters. The van der Waals surface area contributed by atoms with Crippen LogP contribution in [-0.2, 0) is 16.6 Å². The van der Waals surface area contributed by atoms with E-state index in [0.717, 1.165) is 11.3 Å². The lowest BCUT2D eigenvalue weighted by Gasteiger charge is -2.33. The molecule has 0 saturated carbocycles. The van der Waals surface area contributed by atoms with Crippen LogP contribution in [0.1, 0.15) is 21.6 Å². The number of benzene rings is 2. The van der Waals surface area contributed by atoms with E-state index >= 15 is 0 Å². The number of hydrogen-bond acceptors (Lipinski definition) is 6. The number of ether oxygens (including phenoxy) is 1. The maximum atomic E-state index is 12.8. The lowest BCUT2D eigenvalue weighted by Crippen LogP contribution is -2.50. The number of carbonyl (C=O) groups excluding carboxylic acids is 1. The number of hydrogen-bond donors (Lipinski definition) is 0. The van der Waals surface area contributed by atoms with Crippen LogP contribution in [0.5, 0.6) is 5.75 Å². The molecule has 2 heterocycles. The first-order chi connectivity index (χ1) is 15.5. The van der Waals surface area contributed by atoms with Gasteiger partial charge in [-0.25, -0.2) is 13.4 Å². The third kappa shape index (κ3) is 5.61. The number of aromatic nitrogens is 1. The molecule has 3 aromatic rings. The first kappa shape index (κ1) is 22.2. The SMILES string of the molecule is O=C(c1ccc(OCc2cscn2)cc1)N1CCN(S(=O)(=O)C=Cc2ccccc2)CC1. The Balaban J connectivity index is 1.30. The largest absolute Gasteiger partial charge is 0.487 e. The van der Waals surface area contributed by atoms with Crippen molar-refractivity contribution >= 4 is 33.3 Å². The molecule has 32 heavy (non-hydrogen) atoms. The number of amides is 1. The summed E-state index contributed by atoms with van der Waals surface area (Å²) in [5.41, 5.74) is 3.99. The number of piperazine rings is 1. The number of nitrogens with zero attached hydrogens (tertiary/aromatic N) is 3. The Labute approximate surface area is 191 Å². The minimum absolute atomic E-state index is 0.118. The predicted octanol–water partition coefficient (Wildman–Crippen LogP) is 3.48. The molecule has 4 rings (SSSR count). The first-order valence-electron chi connectivity index (χ1n) is 10.1. The zero-order chi connectivity index (χ0) is 22.4. The second-order valence-corrected chi connectivity index (χ2v) is 9.78. The fourth-order valence-corrected chi connectivity index (χ4v) is 5.02. The quantitative estimate of drug-likeness (QED) is 0.529. The van der Waals surface area contributed by atoms with E-state index in [1.807, 2.05) is 35.7 Å². The van der Waals surface area contributed by atoms with Crippen molar-refractivity contribution < 1.29 is 17.9 Å². The summed E-state index contributed by atoms with van der Waals surface area (Å²) in [6, 6.07) is 16.3. The molecule has 0 spiro atoms. The van der Waals surface area contributed by atoms with Crippen LogP contribution in [-0.4, -0.2) is 54.7 Å². The Morgan fingerprint density at radius 1 is 1.03 bits per heavy atom. The van der Waals surface area contributed by atoms with Crippen LogP contribution < -0.4 is 4.74 Å². The van der Waals surface area contributed by atoms with E-state index in [4.69, 9.17) is 4.74 Å². The van der Waals surface area contributed by atoms with Gasteiger partial charge in [-0.1, -0.05) is 30.3 Å². The molecule has 1 aliphatic heterocycles. The zero-order valence-electron chi connectivity index (χ0n) is 17.3. The number of rotatable bonds is 7. The van der Waals surface area contributed by atoms with Gasteiger partial charge in [-0.05, 0) is 35.9 Å². The standard InChI is InChI=1S/C23H23N3O4S2/c27-23(20-6-8-22(9-7-20)30-16-21-17-31-18-24-21)25-11-13-26(14-12-25)32(28,29)15-10-19-4-2-1-3-5-19/h1-10,15,17-18H,11-14,16H2. The molecule has 1 fully saturated rings. The Kier molecular flexibility index (Phi) is 6.99. The van der Waals surface area contributed by atoms with Gasteiger partial charge in [-0.3, -0.25) is 4.79 Å². The van der Waals surface area contributed by atoms with Crippen LogP contribution in [0.3, 0.4) is 0 Å². The second kappa shape index (κ2) is 10.1. The monoisotopic (exact) mass is 469 g/mol. The van der Waals surface area contributed by atoms with Gasteiger partial charge in [0.1, 0.15) is 12.4 Å². The third-order valence-corrected chi connectivity index (χ3v) is 7.29. The van der Waals surface area contributed by atoms with E-state index in [9.17, 15) is 13.2 Å². The molecule has 0 aliphatic carbocycles. The lowest BCUT2D eigenvalue weighted by atomic mass is 10.2.